The molecular weight excluding hydrogens is 202 g/mol. The largest absolute Gasteiger partial charge is 0.508 e. The molecule has 0 saturated heterocycles. The third-order valence-corrected chi connectivity index (χ3v) is 2.69. The molecule has 90 valence electrons. The number of hydrogen-bond acceptors (Lipinski definition) is 3. The Morgan fingerprint density at radius 3 is 2.56 bits per heavy atom. The van der Waals surface area contributed by atoms with Crippen LogP contribution in [0.2, 0.25) is 0 Å². The summed E-state index contributed by atoms with van der Waals surface area (Å²) in [5, 5.41) is 9.73. The maximum Gasteiger partial charge on any atom is 0.122 e. The number of benzene rings is 1. The van der Waals surface area contributed by atoms with E-state index in [1.807, 2.05) is 12.1 Å². The van der Waals surface area contributed by atoms with Crippen molar-refractivity contribution in [3.8, 4) is 11.5 Å². The van der Waals surface area contributed by atoms with E-state index in [1.54, 1.807) is 13.2 Å². The van der Waals surface area contributed by atoms with Gasteiger partial charge in [-0.25, -0.2) is 0 Å². The smallest absolute Gasteiger partial charge is 0.122 e. The lowest BCUT2D eigenvalue weighted by molar-refractivity contribution is 0.406. The first-order valence-corrected chi connectivity index (χ1v) is 5.84. The van der Waals surface area contributed by atoms with Gasteiger partial charge in [-0.2, -0.15) is 0 Å². The molecule has 0 spiro atoms. The maximum atomic E-state index is 9.73. The van der Waals surface area contributed by atoms with Crippen molar-refractivity contribution in [2.24, 2.45) is 5.73 Å². The first kappa shape index (κ1) is 12.8. The second-order valence-corrected chi connectivity index (χ2v) is 3.95. The first-order chi connectivity index (χ1) is 7.77. The highest BCUT2D eigenvalue weighted by atomic mass is 16.5. The van der Waals surface area contributed by atoms with Crippen molar-refractivity contribution in [2.75, 3.05) is 13.7 Å². The number of nitrogens with two attached hydrogens (primary N) is 1. The van der Waals surface area contributed by atoms with Crippen molar-refractivity contribution in [1.29, 1.82) is 0 Å². The van der Waals surface area contributed by atoms with Crippen LogP contribution < -0.4 is 10.5 Å². The van der Waals surface area contributed by atoms with Crippen LogP contribution in [0.15, 0.2) is 18.2 Å². The van der Waals surface area contributed by atoms with Crippen molar-refractivity contribution < 1.29 is 9.84 Å². The van der Waals surface area contributed by atoms with Crippen molar-refractivity contribution in [3.05, 3.63) is 23.8 Å². The van der Waals surface area contributed by atoms with Crippen LogP contribution >= 0.6 is 0 Å². The minimum absolute atomic E-state index is 0.332. The zero-order valence-corrected chi connectivity index (χ0v) is 9.91. The van der Waals surface area contributed by atoms with Gasteiger partial charge in [0.05, 0.1) is 7.11 Å². The summed E-state index contributed by atoms with van der Waals surface area (Å²) in [7, 11) is 1.60. The summed E-state index contributed by atoms with van der Waals surface area (Å²) < 4.78 is 5.03. The monoisotopic (exact) mass is 223 g/mol. The van der Waals surface area contributed by atoms with Crippen molar-refractivity contribution in [1.82, 2.24) is 0 Å². The molecule has 16 heavy (non-hydrogen) atoms. The van der Waals surface area contributed by atoms with Gasteiger partial charge >= 0.3 is 0 Å². The Balaban J connectivity index is 2.36. The molecule has 0 bridgehead atoms. The molecule has 0 aliphatic rings. The highest BCUT2D eigenvalue weighted by Gasteiger charge is 2.02. The van der Waals surface area contributed by atoms with E-state index in [0.29, 0.717) is 11.5 Å². The highest BCUT2D eigenvalue weighted by molar-refractivity contribution is 5.39. The average Bonchev–Trinajstić information content (AvgIpc) is 2.30. The van der Waals surface area contributed by atoms with Crippen molar-refractivity contribution >= 4 is 0 Å². The molecule has 0 fully saturated rings. The van der Waals surface area contributed by atoms with Crippen LogP contribution in [0.1, 0.15) is 31.2 Å². The van der Waals surface area contributed by atoms with Gasteiger partial charge in [-0.1, -0.05) is 18.9 Å². The van der Waals surface area contributed by atoms with Gasteiger partial charge < -0.3 is 15.6 Å². The molecule has 0 unspecified atom stereocenters. The summed E-state index contributed by atoms with van der Waals surface area (Å²) in [5.74, 6) is 1.03. The number of unbranched alkanes of at least 4 members (excludes halogenated alkanes) is 3. The second-order valence-electron chi connectivity index (χ2n) is 3.95. The standard InChI is InChI=1S/C13H21NO2/c1-16-12-8-7-11(13(15)10-12)6-4-2-3-5-9-14/h7-8,10,15H,2-6,9,14H2,1H3. The van der Waals surface area contributed by atoms with Crippen molar-refractivity contribution in [2.45, 2.75) is 32.1 Å². The molecule has 0 aliphatic heterocycles. The number of hydrogen-bond donors (Lipinski definition) is 2. The zero-order valence-electron chi connectivity index (χ0n) is 9.91. The van der Waals surface area contributed by atoms with Crippen molar-refractivity contribution in [3.63, 3.8) is 0 Å². The number of methoxy groups -OCH3 is 1. The van der Waals surface area contributed by atoms with Crippen LogP contribution in [-0.2, 0) is 6.42 Å². The van der Waals surface area contributed by atoms with Crippen LogP contribution in [0.5, 0.6) is 11.5 Å². The fourth-order valence-electron chi connectivity index (χ4n) is 1.70. The van der Waals surface area contributed by atoms with E-state index in [-0.39, 0.29) is 0 Å². The summed E-state index contributed by atoms with van der Waals surface area (Å²) in [5.41, 5.74) is 6.42. The molecule has 3 N–H and O–H groups in total. The Hall–Kier alpha value is -1.22. The van der Waals surface area contributed by atoms with Gasteiger partial charge in [-0.3, -0.25) is 0 Å². The van der Waals surface area contributed by atoms with Gasteiger partial charge in [-0.05, 0) is 37.4 Å². The molecule has 1 aromatic rings. The summed E-state index contributed by atoms with van der Waals surface area (Å²) >= 11 is 0. The first-order valence-electron chi connectivity index (χ1n) is 5.84. The molecule has 0 aliphatic carbocycles. The molecule has 0 amide bonds. The predicted octanol–water partition coefficient (Wildman–Crippen LogP) is 2.46. The minimum atomic E-state index is 0.332. The Morgan fingerprint density at radius 2 is 1.94 bits per heavy atom. The Bertz CT molecular complexity index is 313. The number of phenolic OH excluding ortho intramolecular Hbond substituents is 1. The number of rotatable bonds is 7. The normalized spacial score (nSPS) is 10.4. The summed E-state index contributed by atoms with van der Waals surface area (Å²) in [6.45, 7) is 0.772. The highest BCUT2D eigenvalue weighted by Crippen LogP contribution is 2.24. The van der Waals surface area contributed by atoms with E-state index < -0.39 is 0 Å². The lowest BCUT2D eigenvalue weighted by atomic mass is 10.1. The maximum absolute atomic E-state index is 9.73. The lowest BCUT2D eigenvalue weighted by Crippen LogP contribution is -1.97. The van der Waals surface area contributed by atoms with Gasteiger partial charge in [0.25, 0.3) is 0 Å². The third kappa shape index (κ3) is 4.11. The molecule has 3 heteroatoms. The van der Waals surface area contributed by atoms with Gasteiger partial charge in [-0.15, -0.1) is 0 Å². The summed E-state index contributed by atoms with van der Waals surface area (Å²) in [6, 6.07) is 5.47. The van der Waals surface area contributed by atoms with Crippen LogP contribution in [-0.4, -0.2) is 18.8 Å². The minimum Gasteiger partial charge on any atom is -0.508 e. The number of aryl methyl sites for hydroxylation is 1. The fraction of sp³-hybridized carbons (Fsp3) is 0.538. The molecular formula is C13H21NO2. The third-order valence-electron chi connectivity index (χ3n) is 2.69. The fourth-order valence-corrected chi connectivity index (χ4v) is 1.70. The molecule has 0 atom stereocenters. The zero-order chi connectivity index (χ0) is 11.8. The van der Waals surface area contributed by atoms with E-state index in [4.69, 9.17) is 10.5 Å². The SMILES string of the molecule is COc1ccc(CCCCCCN)c(O)c1. The van der Waals surface area contributed by atoms with Crippen LogP contribution in [0.4, 0.5) is 0 Å². The second kappa shape index (κ2) is 7.12. The van der Waals surface area contributed by atoms with Crippen LogP contribution in [0, 0.1) is 0 Å². The predicted molar refractivity (Wildman–Crippen MR) is 65.9 cm³/mol. The van der Waals surface area contributed by atoms with E-state index in [2.05, 4.69) is 0 Å². The molecule has 0 aromatic heterocycles. The van der Waals surface area contributed by atoms with Gasteiger partial charge in [0, 0.05) is 6.07 Å². The van der Waals surface area contributed by atoms with E-state index in [9.17, 15) is 5.11 Å². The summed E-state index contributed by atoms with van der Waals surface area (Å²) in [6.07, 6.45) is 5.45. The molecule has 1 aromatic carbocycles. The summed E-state index contributed by atoms with van der Waals surface area (Å²) in [4.78, 5) is 0. The topological polar surface area (TPSA) is 55.5 Å². The van der Waals surface area contributed by atoms with Crippen LogP contribution in [0.25, 0.3) is 0 Å². The Kier molecular flexibility index (Phi) is 5.72. The van der Waals surface area contributed by atoms with Gasteiger partial charge in [0.15, 0.2) is 0 Å². The quantitative estimate of drug-likeness (QED) is 0.698. The lowest BCUT2D eigenvalue weighted by Gasteiger charge is -2.06. The number of phenols is 1. The van der Waals surface area contributed by atoms with E-state index in [1.165, 1.54) is 12.8 Å². The van der Waals surface area contributed by atoms with Gasteiger partial charge in [0.1, 0.15) is 11.5 Å². The Labute approximate surface area is 97.2 Å². The average molecular weight is 223 g/mol. The number of ether oxygens (including phenoxy) is 1. The van der Waals surface area contributed by atoms with Gasteiger partial charge in [0.2, 0.25) is 0 Å². The van der Waals surface area contributed by atoms with Crippen LogP contribution in [0.3, 0.4) is 0 Å². The molecule has 0 radical (unpaired) electrons. The molecule has 3 nitrogen and oxygen atoms in total. The number of aromatic hydroxyl groups is 1. The molecule has 0 saturated carbocycles. The van der Waals surface area contributed by atoms with E-state index in [0.717, 1.165) is 31.4 Å². The van der Waals surface area contributed by atoms with E-state index >= 15 is 0 Å². The molecule has 1 rings (SSSR count). The Morgan fingerprint density at radius 1 is 1.19 bits per heavy atom. The molecule has 0 heterocycles.